The Kier molecular flexibility index (Phi) is 3.97. The van der Waals surface area contributed by atoms with Crippen LogP contribution in [0.4, 0.5) is 0 Å². The number of carboxylic acids is 1. The molecule has 5 nitrogen and oxygen atoms in total. The molecule has 3 N–H and O–H groups in total. The number of nitrogens with two attached hydrogens (primary N) is 1. The van der Waals surface area contributed by atoms with E-state index in [2.05, 4.69) is 0 Å². The Balaban J connectivity index is 1.81. The highest BCUT2D eigenvalue weighted by atomic mass is 32.2. The summed E-state index contributed by atoms with van der Waals surface area (Å²) < 4.78 is 0. The molecule has 0 aromatic heterocycles. The van der Waals surface area contributed by atoms with E-state index in [9.17, 15) is 14.7 Å². The maximum Gasteiger partial charge on any atom is 0.352 e. The van der Waals surface area contributed by atoms with E-state index in [1.165, 1.54) is 16.7 Å². The van der Waals surface area contributed by atoms with E-state index in [1.807, 2.05) is 30.3 Å². The van der Waals surface area contributed by atoms with Gasteiger partial charge in [-0.05, 0) is 17.7 Å². The molecule has 0 radical (unpaired) electrons. The van der Waals surface area contributed by atoms with Gasteiger partial charge in [0, 0.05) is 16.4 Å². The molecule has 2 aliphatic rings. The summed E-state index contributed by atoms with van der Waals surface area (Å²) in [7, 11) is 0. The van der Waals surface area contributed by atoms with Crippen LogP contribution < -0.4 is 5.73 Å². The lowest BCUT2D eigenvalue weighted by Crippen LogP contribution is -2.68. The summed E-state index contributed by atoms with van der Waals surface area (Å²) in [5.74, 6) is -0.190. The Morgan fingerprint density at radius 2 is 2.14 bits per heavy atom. The number of carbonyl (C=O) groups is 2. The number of β-lactam (4-membered cyclic amide) rings is 1. The van der Waals surface area contributed by atoms with Gasteiger partial charge in [-0.25, -0.2) is 4.79 Å². The first-order valence-electron chi connectivity index (χ1n) is 6.43. The predicted molar refractivity (Wildman–Crippen MR) is 82.9 cm³/mol. The summed E-state index contributed by atoms with van der Waals surface area (Å²) in [6, 6.07) is 9.21. The van der Waals surface area contributed by atoms with Crippen molar-refractivity contribution in [1.82, 2.24) is 4.90 Å². The number of nitrogens with zero attached hydrogens (tertiary/aromatic N) is 1. The number of rotatable bonds is 4. The Labute approximate surface area is 130 Å². The standard InChI is InChI=1S/C14H14N2O3S2/c15-10-12(17)16-11(14(18)19)8(7-21-13(10)16)6-20-9-4-2-1-3-5-9/h1-5,10,13H,6-7,15H2,(H,18,19)/t10?,13-/m0/s1. The van der Waals surface area contributed by atoms with E-state index in [0.717, 1.165) is 10.5 Å². The number of thioether (sulfide) groups is 2. The lowest BCUT2D eigenvalue weighted by atomic mass is 10.0. The van der Waals surface area contributed by atoms with Crippen LogP contribution in [0.2, 0.25) is 0 Å². The lowest BCUT2D eigenvalue weighted by Gasteiger charge is -2.48. The molecule has 2 aliphatic heterocycles. The molecule has 1 saturated heterocycles. The van der Waals surface area contributed by atoms with Crippen LogP contribution in [0, 0.1) is 0 Å². The number of hydrogen-bond acceptors (Lipinski definition) is 5. The monoisotopic (exact) mass is 322 g/mol. The summed E-state index contributed by atoms with van der Waals surface area (Å²) in [5.41, 5.74) is 6.61. The molecule has 1 fully saturated rings. The van der Waals surface area contributed by atoms with Crippen LogP contribution in [-0.2, 0) is 9.59 Å². The van der Waals surface area contributed by atoms with Crippen LogP contribution in [0.1, 0.15) is 0 Å². The van der Waals surface area contributed by atoms with Gasteiger partial charge in [0.2, 0.25) is 5.91 Å². The number of benzene rings is 1. The molecule has 1 aromatic carbocycles. The van der Waals surface area contributed by atoms with E-state index < -0.39 is 12.0 Å². The Hall–Kier alpha value is -1.44. The molecular formula is C14H14N2O3S2. The van der Waals surface area contributed by atoms with Gasteiger partial charge in [-0.1, -0.05) is 18.2 Å². The van der Waals surface area contributed by atoms with Crippen LogP contribution in [0.5, 0.6) is 0 Å². The fourth-order valence-corrected chi connectivity index (χ4v) is 4.73. The Bertz CT molecular complexity index is 618. The van der Waals surface area contributed by atoms with Crippen LogP contribution >= 0.6 is 23.5 Å². The predicted octanol–water partition coefficient (Wildman–Crippen LogP) is 1.36. The molecule has 3 rings (SSSR count). The number of hydrogen-bond donors (Lipinski definition) is 2. The molecule has 21 heavy (non-hydrogen) atoms. The minimum atomic E-state index is -1.05. The minimum Gasteiger partial charge on any atom is -0.477 e. The SMILES string of the molecule is NC1C(=O)N2C(C(=O)O)=C(CSc3ccccc3)CS[C@@H]12. The average Bonchev–Trinajstić information content (AvgIpc) is 2.52. The summed E-state index contributed by atoms with van der Waals surface area (Å²) >= 11 is 3.11. The maximum atomic E-state index is 11.8. The van der Waals surface area contributed by atoms with E-state index >= 15 is 0 Å². The van der Waals surface area contributed by atoms with Gasteiger partial charge >= 0.3 is 5.97 Å². The number of aliphatic carboxylic acids is 1. The van der Waals surface area contributed by atoms with E-state index in [0.29, 0.717) is 11.5 Å². The van der Waals surface area contributed by atoms with Crippen LogP contribution in [0.3, 0.4) is 0 Å². The van der Waals surface area contributed by atoms with E-state index in [-0.39, 0.29) is 17.0 Å². The molecule has 110 valence electrons. The van der Waals surface area contributed by atoms with Gasteiger partial charge < -0.3 is 10.8 Å². The number of carbonyl (C=O) groups excluding carboxylic acids is 1. The third-order valence-electron chi connectivity index (χ3n) is 3.45. The van der Waals surface area contributed by atoms with Gasteiger partial charge in [-0.2, -0.15) is 0 Å². The first-order chi connectivity index (χ1) is 10.1. The van der Waals surface area contributed by atoms with Crippen molar-refractivity contribution < 1.29 is 14.7 Å². The zero-order chi connectivity index (χ0) is 15.0. The van der Waals surface area contributed by atoms with Gasteiger partial charge in [0.15, 0.2) is 0 Å². The van der Waals surface area contributed by atoms with Gasteiger partial charge in [0.1, 0.15) is 17.1 Å². The molecule has 0 saturated carbocycles. The molecule has 0 spiro atoms. The normalized spacial score (nSPS) is 24.6. The second kappa shape index (κ2) is 5.75. The van der Waals surface area contributed by atoms with E-state index in [1.54, 1.807) is 11.8 Å². The van der Waals surface area contributed by atoms with Crippen LogP contribution in [0.25, 0.3) is 0 Å². The van der Waals surface area contributed by atoms with Crippen LogP contribution in [0.15, 0.2) is 46.5 Å². The van der Waals surface area contributed by atoms with Crippen molar-refractivity contribution >= 4 is 35.4 Å². The number of fused-ring (bicyclic) bond motifs is 1. The zero-order valence-corrected chi connectivity index (χ0v) is 12.7. The molecule has 2 atom stereocenters. The van der Waals surface area contributed by atoms with Crippen LogP contribution in [-0.4, -0.2) is 44.8 Å². The molecule has 7 heteroatoms. The minimum absolute atomic E-state index is 0.119. The summed E-state index contributed by atoms with van der Waals surface area (Å²) in [6.45, 7) is 0. The van der Waals surface area contributed by atoms with Crippen molar-refractivity contribution in [2.45, 2.75) is 16.3 Å². The molecule has 0 aliphatic carbocycles. The molecule has 2 heterocycles. The highest BCUT2D eigenvalue weighted by molar-refractivity contribution is 8.01. The topological polar surface area (TPSA) is 83.6 Å². The molecule has 1 unspecified atom stereocenters. The third-order valence-corrected chi connectivity index (χ3v) is 5.91. The van der Waals surface area contributed by atoms with Gasteiger partial charge in [0.25, 0.3) is 0 Å². The molecule has 0 bridgehead atoms. The van der Waals surface area contributed by atoms with Crippen molar-refractivity contribution in [3.05, 3.63) is 41.6 Å². The average molecular weight is 322 g/mol. The Morgan fingerprint density at radius 3 is 2.81 bits per heavy atom. The molecule has 1 aromatic rings. The second-order valence-corrected chi connectivity index (χ2v) is 6.95. The molecule has 1 amide bonds. The first-order valence-corrected chi connectivity index (χ1v) is 8.46. The van der Waals surface area contributed by atoms with Crippen molar-refractivity contribution in [2.75, 3.05) is 11.5 Å². The van der Waals surface area contributed by atoms with Crippen molar-refractivity contribution in [1.29, 1.82) is 0 Å². The highest BCUT2D eigenvalue weighted by Crippen LogP contribution is 2.40. The quantitative estimate of drug-likeness (QED) is 0.643. The zero-order valence-electron chi connectivity index (χ0n) is 11.1. The van der Waals surface area contributed by atoms with Gasteiger partial charge in [0.05, 0.1) is 0 Å². The first kappa shape index (κ1) is 14.5. The maximum absolute atomic E-state index is 11.8. The highest BCUT2D eigenvalue weighted by Gasteiger charge is 2.51. The number of amides is 1. The summed E-state index contributed by atoms with van der Waals surface area (Å²) in [5, 5.41) is 9.19. The Morgan fingerprint density at radius 1 is 1.43 bits per heavy atom. The van der Waals surface area contributed by atoms with Crippen molar-refractivity contribution in [3.63, 3.8) is 0 Å². The third kappa shape index (κ3) is 2.56. The van der Waals surface area contributed by atoms with E-state index in [4.69, 9.17) is 5.73 Å². The second-order valence-electron chi connectivity index (χ2n) is 4.79. The van der Waals surface area contributed by atoms with Crippen molar-refractivity contribution in [3.8, 4) is 0 Å². The molecular weight excluding hydrogens is 308 g/mol. The van der Waals surface area contributed by atoms with Crippen molar-refractivity contribution in [2.24, 2.45) is 5.73 Å². The summed E-state index contributed by atoms with van der Waals surface area (Å²) in [4.78, 5) is 25.7. The lowest BCUT2D eigenvalue weighted by molar-refractivity contribution is -0.147. The van der Waals surface area contributed by atoms with Gasteiger partial charge in [-0.3, -0.25) is 9.69 Å². The largest absolute Gasteiger partial charge is 0.477 e. The smallest absolute Gasteiger partial charge is 0.352 e. The fourth-order valence-electron chi connectivity index (χ4n) is 2.38. The number of carboxylic acid groups (broad SMARTS) is 1. The fraction of sp³-hybridized carbons (Fsp3) is 0.286. The van der Waals surface area contributed by atoms with Gasteiger partial charge in [-0.15, -0.1) is 23.5 Å². The summed E-state index contributed by atoms with van der Waals surface area (Å²) in [6.07, 6.45) is 0.